The largest absolute Gasteiger partial charge is 0.369 e. The van der Waals surface area contributed by atoms with Crippen LogP contribution in [0.15, 0.2) is 11.8 Å². The summed E-state index contributed by atoms with van der Waals surface area (Å²) in [6.45, 7) is 14.9. The molecular weight excluding hydrogens is 158 g/mol. The number of hydrogen-bond acceptors (Lipinski definition) is 1. The van der Waals surface area contributed by atoms with Crippen LogP contribution in [0.5, 0.6) is 0 Å². The van der Waals surface area contributed by atoms with Crippen LogP contribution in [-0.4, -0.2) is 17.0 Å². The molecule has 1 nitrogen and oxygen atoms in total. The minimum Gasteiger partial charge on any atom is -0.369 e. The molecule has 0 bridgehead atoms. The zero-order chi connectivity index (χ0) is 10.3. The number of nitrogens with zero attached hydrogens (tertiary/aromatic N) is 1. The lowest BCUT2D eigenvalue weighted by Crippen LogP contribution is -2.41. The van der Waals surface area contributed by atoms with E-state index in [0.29, 0.717) is 5.41 Å². The highest BCUT2D eigenvalue weighted by atomic mass is 15.2. The molecule has 1 aliphatic rings. The van der Waals surface area contributed by atoms with E-state index in [1.165, 1.54) is 18.7 Å². The maximum absolute atomic E-state index is 2.53. The molecule has 0 atom stereocenters. The Hall–Kier alpha value is -0.460. The van der Waals surface area contributed by atoms with Gasteiger partial charge in [0.05, 0.1) is 0 Å². The average molecular weight is 181 g/mol. The molecule has 0 aromatic rings. The Bertz CT molecular complexity index is 212. The van der Waals surface area contributed by atoms with Crippen molar-refractivity contribution in [1.29, 1.82) is 0 Å². The molecule has 0 spiro atoms. The van der Waals surface area contributed by atoms with E-state index in [1.54, 1.807) is 0 Å². The Balaban J connectivity index is 2.87. The summed E-state index contributed by atoms with van der Waals surface area (Å²) in [6.07, 6.45) is 3.61. The minimum atomic E-state index is 0.273. The molecule has 0 saturated heterocycles. The Morgan fingerprint density at radius 1 is 1.08 bits per heavy atom. The molecule has 13 heavy (non-hydrogen) atoms. The van der Waals surface area contributed by atoms with Gasteiger partial charge in [-0.1, -0.05) is 26.8 Å². The van der Waals surface area contributed by atoms with Gasteiger partial charge in [0.1, 0.15) is 0 Å². The zero-order valence-corrected chi connectivity index (χ0v) is 9.94. The van der Waals surface area contributed by atoms with Crippen LogP contribution >= 0.6 is 0 Å². The van der Waals surface area contributed by atoms with Crippen molar-refractivity contribution in [3.8, 4) is 0 Å². The van der Waals surface area contributed by atoms with Gasteiger partial charge < -0.3 is 4.90 Å². The number of rotatable bonds is 0. The van der Waals surface area contributed by atoms with E-state index >= 15 is 0 Å². The summed E-state index contributed by atoms with van der Waals surface area (Å²) < 4.78 is 0. The Morgan fingerprint density at radius 3 is 1.92 bits per heavy atom. The van der Waals surface area contributed by atoms with Gasteiger partial charge in [-0.25, -0.2) is 0 Å². The first-order valence-corrected chi connectivity index (χ1v) is 5.21. The molecular formula is C12H23N. The van der Waals surface area contributed by atoms with Crippen molar-refractivity contribution in [3.05, 3.63) is 11.8 Å². The van der Waals surface area contributed by atoms with Crippen molar-refractivity contribution < 1.29 is 0 Å². The second-order valence-electron chi connectivity index (χ2n) is 5.95. The fraction of sp³-hybridized carbons (Fsp3) is 0.833. The lowest BCUT2D eigenvalue weighted by molar-refractivity contribution is 0.166. The van der Waals surface area contributed by atoms with Gasteiger partial charge in [0, 0.05) is 23.2 Å². The van der Waals surface area contributed by atoms with Crippen molar-refractivity contribution in [2.45, 2.75) is 53.5 Å². The standard InChI is InChI=1S/C12H23N/c1-11(2,3)10-8-7-9-13(10)12(4,5)6/h8H,7,9H2,1-6H3. The second-order valence-corrected chi connectivity index (χ2v) is 5.95. The summed E-state index contributed by atoms with van der Waals surface area (Å²) in [5.74, 6) is 0. The van der Waals surface area contributed by atoms with Gasteiger partial charge >= 0.3 is 0 Å². The van der Waals surface area contributed by atoms with Crippen LogP contribution in [0.3, 0.4) is 0 Å². The van der Waals surface area contributed by atoms with Gasteiger partial charge in [0.25, 0.3) is 0 Å². The van der Waals surface area contributed by atoms with Crippen LogP contribution in [0, 0.1) is 5.41 Å². The molecule has 0 fully saturated rings. The van der Waals surface area contributed by atoms with E-state index in [2.05, 4.69) is 52.5 Å². The summed E-state index contributed by atoms with van der Waals surface area (Å²) in [5.41, 5.74) is 2.08. The van der Waals surface area contributed by atoms with Gasteiger partial charge in [-0.05, 0) is 27.2 Å². The zero-order valence-electron chi connectivity index (χ0n) is 9.94. The van der Waals surface area contributed by atoms with Crippen molar-refractivity contribution in [1.82, 2.24) is 4.90 Å². The maximum Gasteiger partial charge on any atom is 0.0315 e. The van der Waals surface area contributed by atoms with Gasteiger partial charge in [-0.2, -0.15) is 0 Å². The second kappa shape index (κ2) is 3.04. The summed E-state index contributed by atoms with van der Waals surface area (Å²) in [7, 11) is 0. The molecule has 76 valence electrons. The number of hydrogen-bond donors (Lipinski definition) is 0. The highest BCUT2D eigenvalue weighted by molar-refractivity contribution is 5.17. The van der Waals surface area contributed by atoms with E-state index in [0.717, 1.165) is 0 Å². The normalized spacial score (nSPS) is 19.2. The first kappa shape index (κ1) is 10.6. The maximum atomic E-state index is 2.53. The lowest BCUT2D eigenvalue weighted by Gasteiger charge is -2.41. The number of allylic oxidation sites excluding steroid dienone is 1. The van der Waals surface area contributed by atoms with Crippen LogP contribution in [0.4, 0.5) is 0 Å². The van der Waals surface area contributed by atoms with E-state index in [1.807, 2.05) is 0 Å². The molecule has 1 heterocycles. The molecule has 0 saturated carbocycles. The first-order valence-electron chi connectivity index (χ1n) is 5.21. The molecule has 0 aromatic carbocycles. The SMILES string of the molecule is CC(C)(C)C1=CCCN1C(C)(C)C. The Labute approximate surface area is 82.8 Å². The smallest absolute Gasteiger partial charge is 0.0315 e. The molecule has 0 unspecified atom stereocenters. The predicted octanol–water partition coefficient (Wildman–Crippen LogP) is 3.42. The van der Waals surface area contributed by atoms with Crippen LogP contribution in [0.2, 0.25) is 0 Å². The molecule has 1 heteroatoms. The van der Waals surface area contributed by atoms with Crippen molar-refractivity contribution >= 4 is 0 Å². The quantitative estimate of drug-likeness (QED) is 0.553. The van der Waals surface area contributed by atoms with Crippen LogP contribution in [0.1, 0.15) is 48.0 Å². The average Bonchev–Trinajstić information content (AvgIpc) is 2.27. The van der Waals surface area contributed by atoms with Crippen LogP contribution in [-0.2, 0) is 0 Å². The van der Waals surface area contributed by atoms with Gasteiger partial charge in [-0.3, -0.25) is 0 Å². The van der Waals surface area contributed by atoms with Gasteiger partial charge in [-0.15, -0.1) is 0 Å². The molecule has 0 N–H and O–H groups in total. The van der Waals surface area contributed by atoms with E-state index in [4.69, 9.17) is 0 Å². The van der Waals surface area contributed by atoms with Crippen molar-refractivity contribution in [2.24, 2.45) is 5.41 Å². The fourth-order valence-electron chi connectivity index (χ4n) is 1.97. The van der Waals surface area contributed by atoms with Gasteiger partial charge in [0.2, 0.25) is 0 Å². The molecule has 0 radical (unpaired) electrons. The van der Waals surface area contributed by atoms with Gasteiger partial charge in [0.15, 0.2) is 0 Å². The summed E-state index contributed by atoms with van der Waals surface area (Å²) in [4.78, 5) is 2.53. The third-order valence-corrected chi connectivity index (χ3v) is 2.56. The third-order valence-electron chi connectivity index (χ3n) is 2.56. The monoisotopic (exact) mass is 181 g/mol. The Kier molecular flexibility index (Phi) is 2.48. The van der Waals surface area contributed by atoms with E-state index in [-0.39, 0.29) is 5.54 Å². The molecule has 0 aliphatic carbocycles. The lowest BCUT2D eigenvalue weighted by atomic mass is 9.89. The summed E-state index contributed by atoms with van der Waals surface area (Å²) in [6, 6.07) is 0. The molecule has 0 aromatic heterocycles. The van der Waals surface area contributed by atoms with Crippen LogP contribution < -0.4 is 0 Å². The third kappa shape index (κ3) is 2.26. The minimum absolute atomic E-state index is 0.273. The summed E-state index contributed by atoms with van der Waals surface area (Å²) >= 11 is 0. The van der Waals surface area contributed by atoms with Crippen molar-refractivity contribution in [2.75, 3.05) is 6.54 Å². The highest BCUT2D eigenvalue weighted by Crippen LogP contribution is 2.36. The predicted molar refractivity (Wildman–Crippen MR) is 58.6 cm³/mol. The Morgan fingerprint density at radius 2 is 1.62 bits per heavy atom. The van der Waals surface area contributed by atoms with Crippen LogP contribution in [0.25, 0.3) is 0 Å². The van der Waals surface area contributed by atoms with Crippen molar-refractivity contribution in [3.63, 3.8) is 0 Å². The first-order chi connectivity index (χ1) is 5.73. The molecule has 1 aliphatic heterocycles. The van der Waals surface area contributed by atoms with E-state index < -0.39 is 0 Å². The highest BCUT2D eigenvalue weighted by Gasteiger charge is 2.32. The summed E-state index contributed by atoms with van der Waals surface area (Å²) in [5, 5.41) is 0. The molecule has 0 amide bonds. The fourth-order valence-corrected chi connectivity index (χ4v) is 1.97. The molecule has 1 rings (SSSR count). The topological polar surface area (TPSA) is 3.24 Å². The van der Waals surface area contributed by atoms with E-state index in [9.17, 15) is 0 Å².